The number of halogens is 1. The number of H-pyrrole nitrogens is 1. The lowest BCUT2D eigenvalue weighted by Gasteiger charge is -2.27. The van der Waals surface area contributed by atoms with Crippen molar-refractivity contribution in [2.75, 3.05) is 24.2 Å². The Bertz CT molecular complexity index is 919. The van der Waals surface area contributed by atoms with E-state index in [0.717, 1.165) is 57.6 Å². The van der Waals surface area contributed by atoms with Crippen LogP contribution in [0.3, 0.4) is 0 Å². The van der Waals surface area contributed by atoms with Crippen LogP contribution in [0.1, 0.15) is 44.7 Å². The monoisotopic (exact) mass is 431 g/mol. The van der Waals surface area contributed by atoms with Crippen molar-refractivity contribution in [2.24, 2.45) is 10.7 Å². The van der Waals surface area contributed by atoms with Gasteiger partial charge in [-0.2, -0.15) is 0 Å². The lowest BCUT2D eigenvalue weighted by atomic mass is 10.1. The van der Waals surface area contributed by atoms with Crippen LogP contribution < -0.4 is 11.1 Å². The molecule has 29 heavy (non-hydrogen) atoms. The molecule has 4 N–H and O–H groups in total. The number of aromatic amines is 1. The van der Waals surface area contributed by atoms with Crippen LogP contribution in [0.4, 0.5) is 5.69 Å². The van der Waals surface area contributed by atoms with Crippen LogP contribution in [0.2, 0.25) is 5.02 Å². The maximum Gasteiger partial charge on any atom is 0.114 e. The number of hydrogen-bond acceptors (Lipinski definition) is 5. The van der Waals surface area contributed by atoms with Crippen molar-refractivity contribution in [3.8, 4) is 0 Å². The molecule has 2 aromatic rings. The van der Waals surface area contributed by atoms with Crippen molar-refractivity contribution < 1.29 is 0 Å². The van der Waals surface area contributed by atoms with E-state index in [-0.39, 0.29) is 0 Å². The van der Waals surface area contributed by atoms with E-state index in [0.29, 0.717) is 24.2 Å². The fraction of sp³-hybridized carbons (Fsp3) is 0.591. The molecule has 1 aromatic heterocycles. The number of rotatable bonds is 5. The summed E-state index contributed by atoms with van der Waals surface area (Å²) in [7, 11) is 0. The fourth-order valence-electron chi connectivity index (χ4n) is 4.94. The minimum Gasteiger partial charge on any atom is -0.381 e. The minimum absolute atomic E-state index is 0.319. The summed E-state index contributed by atoms with van der Waals surface area (Å²) in [4.78, 5) is 11.2. The number of nitrogens with one attached hydrogen (secondary N) is 2. The molecule has 1 saturated carbocycles. The number of fused-ring (bicyclic) bond motifs is 1. The van der Waals surface area contributed by atoms with Gasteiger partial charge in [-0.3, -0.25) is 9.89 Å². The Morgan fingerprint density at radius 1 is 1.28 bits per heavy atom. The molecule has 2 fully saturated rings. The van der Waals surface area contributed by atoms with E-state index in [1.807, 2.05) is 23.9 Å². The molecule has 156 valence electrons. The van der Waals surface area contributed by atoms with Crippen molar-refractivity contribution in [1.82, 2.24) is 9.88 Å². The lowest BCUT2D eigenvalue weighted by molar-refractivity contribution is 0.234. The second-order valence-corrected chi connectivity index (χ2v) is 10.3. The summed E-state index contributed by atoms with van der Waals surface area (Å²) in [6.07, 6.45) is 6.20. The topological polar surface area (TPSA) is 69.4 Å². The van der Waals surface area contributed by atoms with E-state index in [4.69, 9.17) is 22.3 Å². The molecule has 3 aliphatic rings. The number of hydrogen-bond donors (Lipinski definition) is 3. The second kappa shape index (κ2) is 8.14. The second-order valence-electron chi connectivity index (χ2n) is 8.82. The normalized spacial score (nSPS) is 27.1. The number of anilines is 1. The third-order valence-electron chi connectivity index (χ3n) is 6.70. The van der Waals surface area contributed by atoms with Gasteiger partial charge in [0.15, 0.2) is 0 Å². The molecular weight excluding hydrogens is 402 g/mol. The standard InChI is InChI=1S/C22H30ClN5S/c1-13(28-7-6-16(24)11-28)20-12-29-22(27-20)19-9-14-8-15(23)10-18(21(14)26-19)25-17-4-2-3-5-17/h8-10,13,16-17,20,25-26H,2-7,11-12,24H2,1H3/t13-,16?,20?/m0/s1. The third-order valence-corrected chi connectivity index (χ3v) is 8.03. The molecule has 0 radical (unpaired) electrons. The summed E-state index contributed by atoms with van der Waals surface area (Å²) in [6.45, 7) is 4.38. The van der Waals surface area contributed by atoms with Crippen molar-refractivity contribution in [1.29, 1.82) is 0 Å². The summed E-state index contributed by atoms with van der Waals surface area (Å²) in [5, 5.41) is 6.76. The average molecular weight is 432 g/mol. The van der Waals surface area contributed by atoms with Crippen LogP contribution in [0.5, 0.6) is 0 Å². The molecule has 7 heteroatoms. The molecule has 3 heterocycles. The molecule has 1 aromatic carbocycles. The van der Waals surface area contributed by atoms with E-state index in [1.165, 1.54) is 25.7 Å². The van der Waals surface area contributed by atoms with Gasteiger partial charge in [0.05, 0.1) is 22.9 Å². The van der Waals surface area contributed by atoms with Gasteiger partial charge in [-0.25, -0.2) is 0 Å². The van der Waals surface area contributed by atoms with Gasteiger partial charge in [0.25, 0.3) is 0 Å². The molecular formula is C22H30ClN5S. The molecule has 3 atom stereocenters. The van der Waals surface area contributed by atoms with Gasteiger partial charge < -0.3 is 16.0 Å². The van der Waals surface area contributed by atoms with Crippen LogP contribution in [-0.2, 0) is 0 Å². The molecule has 1 aliphatic carbocycles. The number of aliphatic imine (C=N–C) groups is 1. The van der Waals surface area contributed by atoms with Gasteiger partial charge in [0, 0.05) is 47.4 Å². The lowest BCUT2D eigenvalue weighted by Crippen LogP contribution is -2.40. The maximum absolute atomic E-state index is 6.42. The number of nitrogens with two attached hydrogens (primary N) is 1. The third kappa shape index (κ3) is 4.05. The SMILES string of the molecule is C[C@@H](C1CSC(c2cc3cc(Cl)cc(NC4CCCC4)c3[nH]2)=N1)N1CCC(N)C1. The Morgan fingerprint density at radius 2 is 2.10 bits per heavy atom. The number of likely N-dealkylation sites (tertiary alicyclic amines) is 1. The van der Waals surface area contributed by atoms with E-state index in [9.17, 15) is 0 Å². The molecule has 5 nitrogen and oxygen atoms in total. The van der Waals surface area contributed by atoms with Crippen molar-refractivity contribution in [2.45, 2.75) is 63.2 Å². The number of benzene rings is 1. The van der Waals surface area contributed by atoms with Gasteiger partial charge in [-0.05, 0) is 44.4 Å². The largest absolute Gasteiger partial charge is 0.381 e. The molecule has 0 bridgehead atoms. The first-order chi connectivity index (χ1) is 14.1. The zero-order valence-corrected chi connectivity index (χ0v) is 18.5. The number of thioether (sulfide) groups is 1. The molecule has 2 aliphatic heterocycles. The predicted molar refractivity (Wildman–Crippen MR) is 126 cm³/mol. The van der Waals surface area contributed by atoms with Gasteiger partial charge in [-0.1, -0.05) is 24.4 Å². The highest BCUT2D eigenvalue weighted by Crippen LogP contribution is 2.34. The highest BCUT2D eigenvalue weighted by atomic mass is 35.5. The van der Waals surface area contributed by atoms with Crippen molar-refractivity contribution >= 4 is 45.0 Å². The summed E-state index contributed by atoms with van der Waals surface area (Å²) < 4.78 is 0. The van der Waals surface area contributed by atoms with Gasteiger partial charge >= 0.3 is 0 Å². The van der Waals surface area contributed by atoms with Gasteiger partial charge in [-0.15, -0.1) is 11.8 Å². The van der Waals surface area contributed by atoms with Crippen molar-refractivity contribution in [3.63, 3.8) is 0 Å². The summed E-state index contributed by atoms with van der Waals surface area (Å²) >= 11 is 8.28. The highest BCUT2D eigenvalue weighted by molar-refractivity contribution is 8.14. The summed E-state index contributed by atoms with van der Waals surface area (Å²) in [5.41, 5.74) is 9.47. The molecule has 0 amide bonds. The van der Waals surface area contributed by atoms with Crippen LogP contribution in [0, 0.1) is 0 Å². The minimum atomic E-state index is 0.319. The smallest absolute Gasteiger partial charge is 0.114 e. The van der Waals surface area contributed by atoms with E-state index >= 15 is 0 Å². The Balaban J connectivity index is 1.39. The zero-order valence-electron chi connectivity index (χ0n) is 17.0. The number of nitrogens with zero attached hydrogens (tertiary/aromatic N) is 2. The summed E-state index contributed by atoms with van der Waals surface area (Å²) in [6, 6.07) is 7.93. The van der Waals surface area contributed by atoms with Gasteiger partial charge in [0.1, 0.15) is 5.04 Å². The fourth-order valence-corrected chi connectivity index (χ4v) is 6.32. The molecule has 0 spiro atoms. The maximum atomic E-state index is 6.42. The Kier molecular flexibility index (Phi) is 5.54. The van der Waals surface area contributed by atoms with E-state index < -0.39 is 0 Å². The predicted octanol–water partition coefficient (Wildman–Crippen LogP) is 4.46. The van der Waals surface area contributed by atoms with E-state index in [1.54, 1.807) is 0 Å². The number of aromatic nitrogens is 1. The molecule has 2 unspecified atom stereocenters. The quantitative estimate of drug-likeness (QED) is 0.653. The van der Waals surface area contributed by atoms with E-state index in [2.05, 4.69) is 28.2 Å². The average Bonchev–Trinajstić information content (AvgIpc) is 3.47. The van der Waals surface area contributed by atoms with Crippen LogP contribution in [0.15, 0.2) is 23.2 Å². The Morgan fingerprint density at radius 3 is 2.86 bits per heavy atom. The summed E-state index contributed by atoms with van der Waals surface area (Å²) in [5.74, 6) is 1.03. The zero-order chi connectivity index (χ0) is 20.0. The van der Waals surface area contributed by atoms with Gasteiger partial charge in [0.2, 0.25) is 0 Å². The molecule has 5 rings (SSSR count). The van der Waals surface area contributed by atoms with Crippen LogP contribution in [0.25, 0.3) is 10.9 Å². The van der Waals surface area contributed by atoms with Crippen LogP contribution >= 0.6 is 23.4 Å². The Hall–Kier alpha value is -1.21. The first-order valence-electron chi connectivity index (χ1n) is 10.9. The highest BCUT2D eigenvalue weighted by Gasteiger charge is 2.32. The first-order valence-corrected chi connectivity index (χ1v) is 12.2. The first kappa shape index (κ1) is 19.7. The molecule has 1 saturated heterocycles. The van der Waals surface area contributed by atoms with Crippen LogP contribution in [-0.4, -0.2) is 57.9 Å². The Labute approximate surface area is 181 Å². The van der Waals surface area contributed by atoms with Crippen molar-refractivity contribution in [3.05, 3.63) is 28.9 Å².